The molecule has 0 unspecified atom stereocenters. The number of nitrogens with two attached hydrogens (primary N) is 1. The van der Waals surface area contributed by atoms with Gasteiger partial charge in [0.05, 0.1) is 16.2 Å². The Labute approximate surface area is 148 Å². The fourth-order valence-electron chi connectivity index (χ4n) is 2.28. The molecule has 5 nitrogen and oxygen atoms in total. The van der Waals surface area contributed by atoms with Gasteiger partial charge in [-0.15, -0.1) is 0 Å². The summed E-state index contributed by atoms with van der Waals surface area (Å²) in [5.41, 5.74) is 7.02. The molecule has 2 aromatic rings. The van der Waals surface area contributed by atoms with Crippen molar-refractivity contribution >= 4 is 46.8 Å². The second-order valence-electron chi connectivity index (χ2n) is 5.15. The molecule has 2 amide bonds. The van der Waals surface area contributed by atoms with Gasteiger partial charge in [-0.3, -0.25) is 9.59 Å². The van der Waals surface area contributed by atoms with Gasteiger partial charge in [0, 0.05) is 16.3 Å². The number of anilines is 1. The van der Waals surface area contributed by atoms with Crippen LogP contribution in [0.1, 0.15) is 15.9 Å². The quantitative estimate of drug-likeness (QED) is 0.876. The predicted octanol–water partition coefficient (Wildman–Crippen LogP) is 3.51. The molecular formula is C17H12Cl2N2O3. The number of amides is 2. The average Bonchev–Trinajstić information content (AvgIpc) is 2.53. The van der Waals surface area contributed by atoms with E-state index in [9.17, 15) is 9.59 Å². The van der Waals surface area contributed by atoms with Gasteiger partial charge in [-0.2, -0.15) is 0 Å². The number of carbonyl (C=O) groups excluding carboxylic acids is 2. The van der Waals surface area contributed by atoms with Crippen molar-refractivity contribution in [1.29, 1.82) is 0 Å². The summed E-state index contributed by atoms with van der Waals surface area (Å²) in [7, 11) is 0. The van der Waals surface area contributed by atoms with Gasteiger partial charge in [-0.25, -0.2) is 0 Å². The molecule has 7 heteroatoms. The van der Waals surface area contributed by atoms with E-state index in [0.29, 0.717) is 22.0 Å². The molecule has 1 heterocycles. The molecule has 0 saturated carbocycles. The third-order valence-corrected chi connectivity index (χ3v) is 4.02. The van der Waals surface area contributed by atoms with Gasteiger partial charge in [0.2, 0.25) is 5.91 Å². The molecule has 2 aromatic carbocycles. The summed E-state index contributed by atoms with van der Waals surface area (Å²) in [4.78, 5) is 23.5. The summed E-state index contributed by atoms with van der Waals surface area (Å²) < 4.78 is 5.55. The zero-order chi connectivity index (χ0) is 17.3. The van der Waals surface area contributed by atoms with Crippen molar-refractivity contribution in [1.82, 2.24) is 0 Å². The highest BCUT2D eigenvalue weighted by Crippen LogP contribution is 2.29. The minimum atomic E-state index is -0.630. The van der Waals surface area contributed by atoms with Crippen molar-refractivity contribution in [2.24, 2.45) is 5.73 Å². The molecule has 0 aromatic heterocycles. The van der Waals surface area contributed by atoms with Crippen LogP contribution in [0.3, 0.4) is 0 Å². The molecular weight excluding hydrogens is 351 g/mol. The van der Waals surface area contributed by atoms with Crippen molar-refractivity contribution < 1.29 is 14.3 Å². The van der Waals surface area contributed by atoms with E-state index in [2.05, 4.69) is 5.32 Å². The number of fused-ring (bicyclic) bond motifs is 1. The Morgan fingerprint density at radius 1 is 1.12 bits per heavy atom. The first-order valence-corrected chi connectivity index (χ1v) is 7.73. The van der Waals surface area contributed by atoms with Gasteiger partial charge in [0.1, 0.15) is 12.4 Å². The van der Waals surface area contributed by atoms with E-state index in [1.165, 1.54) is 12.1 Å². The summed E-state index contributed by atoms with van der Waals surface area (Å²) in [6, 6.07) is 9.68. The van der Waals surface area contributed by atoms with Gasteiger partial charge >= 0.3 is 0 Å². The second-order valence-corrected chi connectivity index (χ2v) is 6.00. The lowest BCUT2D eigenvalue weighted by Gasteiger charge is -2.18. The number of carbonyl (C=O) groups is 2. The Kier molecular flexibility index (Phi) is 4.46. The smallest absolute Gasteiger partial charge is 0.255 e. The molecule has 3 rings (SSSR count). The highest BCUT2D eigenvalue weighted by atomic mass is 35.5. The zero-order valence-electron chi connectivity index (χ0n) is 12.3. The van der Waals surface area contributed by atoms with Crippen molar-refractivity contribution in [3.63, 3.8) is 0 Å². The van der Waals surface area contributed by atoms with E-state index in [1.54, 1.807) is 30.3 Å². The van der Waals surface area contributed by atoms with E-state index < -0.39 is 5.91 Å². The first-order chi connectivity index (χ1) is 11.4. The summed E-state index contributed by atoms with van der Waals surface area (Å²) in [5.74, 6) is -0.289. The van der Waals surface area contributed by atoms with Gasteiger partial charge in [-0.05, 0) is 42.5 Å². The van der Waals surface area contributed by atoms with Crippen LogP contribution in [0.2, 0.25) is 10.0 Å². The molecule has 1 aliphatic rings. The third kappa shape index (κ3) is 3.37. The average molecular weight is 363 g/mol. The molecule has 3 N–H and O–H groups in total. The number of benzene rings is 2. The number of ether oxygens (including phenoxy) is 1. The van der Waals surface area contributed by atoms with Crippen LogP contribution in [0, 0.1) is 0 Å². The van der Waals surface area contributed by atoms with Crippen molar-refractivity contribution in [2.45, 2.75) is 0 Å². The van der Waals surface area contributed by atoms with Gasteiger partial charge in [-0.1, -0.05) is 23.2 Å². The normalized spacial score (nSPS) is 12.7. The van der Waals surface area contributed by atoms with Crippen molar-refractivity contribution in [3.05, 3.63) is 63.1 Å². The van der Waals surface area contributed by atoms with Crippen molar-refractivity contribution in [2.75, 3.05) is 11.9 Å². The van der Waals surface area contributed by atoms with Crippen LogP contribution in [-0.4, -0.2) is 18.4 Å². The molecule has 0 aliphatic carbocycles. The molecule has 0 spiro atoms. The Hall–Kier alpha value is -2.50. The maximum absolute atomic E-state index is 12.4. The molecule has 0 radical (unpaired) electrons. The lowest BCUT2D eigenvalue weighted by molar-refractivity contribution is -0.113. The first kappa shape index (κ1) is 16.4. The monoisotopic (exact) mass is 362 g/mol. The number of primary amides is 1. The number of hydrogen-bond acceptors (Lipinski definition) is 3. The van der Waals surface area contributed by atoms with E-state index in [4.69, 9.17) is 33.7 Å². The van der Waals surface area contributed by atoms with Gasteiger partial charge in [0.25, 0.3) is 5.91 Å². The Balaban J connectivity index is 1.81. The lowest BCUT2D eigenvalue weighted by Crippen LogP contribution is -2.21. The fraction of sp³-hybridized carbons (Fsp3) is 0.0588. The molecule has 1 aliphatic heterocycles. The highest BCUT2D eigenvalue weighted by Gasteiger charge is 2.18. The summed E-state index contributed by atoms with van der Waals surface area (Å²) in [5, 5.41) is 3.44. The number of halogens is 2. The first-order valence-electron chi connectivity index (χ1n) is 6.97. The zero-order valence-corrected chi connectivity index (χ0v) is 13.8. The molecule has 0 atom stereocenters. The van der Waals surface area contributed by atoms with E-state index in [-0.39, 0.29) is 23.1 Å². The molecule has 122 valence electrons. The number of hydrogen-bond donors (Lipinski definition) is 2. The topological polar surface area (TPSA) is 81.4 Å². The minimum absolute atomic E-state index is 0.146. The number of rotatable bonds is 3. The standard InChI is InChI=1S/C17H12Cl2N2O3/c18-11-1-4-15-9(6-11)5-10(8-24-15)17(23)21-12-2-3-13(16(20)22)14(19)7-12/h1-7H,8H2,(H2,20,22)(H,21,23). The van der Waals surface area contributed by atoms with Crippen LogP contribution >= 0.6 is 23.2 Å². The Morgan fingerprint density at radius 3 is 2.62 bits per heavy atom. The number of nitrogens with one attached hydrogen (secondary N) is 1. The maximum atomic E-state index is 12.4. The molecule has 24 heavy (non-hydrogen) atoms. The van der Waals surface area contributed by atoms with Crippen LogP contribution in [0.5, 0.6) is 5.75 Å². The largest absolute Gasteiger partial charge is 0.488 e. The fourth-order valence-corrected chi connectivity index (χ4v) is 2.74. The third-order valence-electron chi connectivity index (χ3n) is 3.47. The van der Waals surface area contributed by atoms with Gasteiger partial charge < -0.3 is 15.8 Å². The predicted molar refractivity (Wildman–Crippen MR) is 93.5 cm³/mol. The summed E-state index contributed by atoms with van der Waals surface area (Å²) in [6.07, 6.45) is 1.72. The summed E-state index contributed by atoms with van der Waals surface area (Å²) >= 11 is 11.9. The van der Waals surface area contributed by atoms with Crippen LogP contribution in [0.15, 0.2) is 42.0 Å². The van der Waals surface area contributed by atoms with E-state index >= 15 is 0 Å². The lowest BCUT2D eigenvalue weighted by atomic mass is 10.1. The van der Waals surface area contributed by atoms with Crippen LogP contribution in [0.25, 0.3) is 6.08 Å². The van der Waals surface area contributed by atoms with Gasteiger partial charge in [0.15, 0.2) is 0 Å². The molecule has 0 saturated heterocycles. The Morgan fingerprint density at radius 2 is 1.92 bits per heavy atom. The van der Waals surface area contributed by atoms with E-state index in [1.807, 2.05) is 0 Å². The van der Waals surface area contributed by atoms with Crippen LogP contribution < -0.4 is 15.8 Å². The van der Waals surface area contributed by atoms with Crippen molar-refractivity contribution in [3.8, 4) is 5.75 Å². The highest BCUT2D eigenvalue weighted by molar-refractivity contribution is 6.34. The SMILES string of the molecule is NC(=O)c1ccc(NC(=O)C2=Cc3cc(Cl)ccc3OC2)cc1Cl. The van der Waals surface area contributed by atoms with Crippen LogP contribution in [0.4, 0.5) is 5.69 Å². The van der Waals surface area contributed by atoms with Crippen LogP contribution in [-0.2, 0) is 4.79 Å². The minimum Gasteiger partial charge on any atom is -0.488 e. The molecule has 0 bridgehead atoms. The maximum Gasteiger partial charge on any atom is 0.255 e. The Bertz CT molecular complexity index is 878. The summed E-state index contributed by atoms with van der Waals surface area (Å²) in [6.45, 7) is 0.146. The second kappa shape index (κ2) is 6.55. The van der Waals surface area contributed by atoms with E-state index in [0.717, 1.165) is 5.56 Å². The molecule has 0 fully saturated rings.